The Balaban J connectivity index is 1.76. The minimum absolute atomic E-state index is 0.106. The molecule has 0 aromatic rings. The molecule has 0 aromatic heterocycles. The molecule has 2 rings (SSSR count). The van der Waals surface area contributed by atoms with E-state index in [0.717, 1.165) is 32.4 Å². The van der Waals surface area contributed by atoms with Gasteiger partial charge in [-0.15, -0.1) is 0 Å². The normalized spacial score (nSPS) is 21.6. The summed E-state index contributed by atoms with van der Waals surface area (Å²) in [5.41, 5.74) is 1.30. The minimum atomic E-state index is 0.106. The van der Waals surface area contributed by atoms with E-state index in [1.54, 1.807) is 7.11 Å². The summed E-state index contributed by atoms with van der Waals surface area (Å²) in [7, 11) is 1.71. The summed E-state index contributed by atoms with van der Waals surface area (Å²) >= 11 is 0. The van der Waals surface area contributed by atoms with Gasteiger partial charge in [0.05, 0.1) is 6.61 Å². The fourth-order valence-electron chi connectivity index (χ4n) is 2.72. The van der Waals surface area contributed by atoms with Gasteiger partial charge in [-0.25, -0.2) is 4.79 Å². The van der Waals surface area contributed by atoms with Gasteiger partial charge in [0.1, 0.15) is 0 Å². The molecule has 2 aliphatic rings. The molecule has 1 N–H and O–H groups in total. The molecule has 1 fully saturated rings. The number of nitrogens with one attached hydrogen (secondary N) is 1. The summed E-state index contributed by atoms with van der Waals surface area (Å²) in [5, 5.41) is 3.16. The molecular formula is C14H24N2O2. The number of ether oxygens (including phenoxy) is 1. The van der Waals surface area contributed by atoms with Crippen molar-refractivity contribution in [2.45, 2.75) is 44.6 Å². The van der Waals surface area contributed by atoms with E-state index in [0.29, 0.717) is 12.6 Å². The Kier molecular flexibility index (Phi) is 5.05. The molecule has 0 atom stereocenters. The van der Waals surface area contributed by atoms with E-state index in [1.807, 2.05) is 4.90 Å². The summed E-state index contributed by atoms with van der Waals surface area (Å²) in [5.74, 6) is 0. The second-order valence-corrected chi connectivity index (χ2v) is 5.28. The Labute approximate surface area is 109 Å². The van der Waals surface area contributed by atoms with Crippen LogP contribution in [0.1, 0.15) is 38.5 Å². The largest absolute Gasteiger partial charge is 0.380 e. The molecule has 0 bridgehead atoms. The van der Waals surface area contributed by atoms with Crippen molar-refractivity contribution in [1.82, 2.24) is 10.2 Å². The quantitative estimate of drug-likeness (QED) is 0.783. The number of hydrogen-bond donors (Lipinski definition) is 1. The number of rotatable bonds is 3. The maximum Gasteiger partial charge on any atom is 0.317 e. The van der Waals surface area contributed by atoms with Crippen molar-refractivity contribution < 1.29 is 9.53 Å². The van der Waals surface area contributed by atoms with Crippen LogP contribution in [0.4, 0.5) is 4.79 Å². The second kappa shape index (κ2) is 6.78. The molecule has 18 heavy (non-hydrogen) atoms. The monoisotopic (exact) mass is 252 g/mol. The van der Waals surface area contributed by atoms with Crippen molar-refractivity contribution in [2.24, 2.45) is 0 Å². The molecule has 0 spiro atoms. The first-order valence-electron chi connectivity index (χ1n) is 7.02. The molecule has 1 aliphatic heterocycles. The average Bonchev–Trinajstić information content (AvgIpc) is 2.41. The minimum Gasteiger partial charge on any atom is -0.380 e. The first kappa shape index (κ1) is 13.4. The highest BCUT2D eigenvalue weighted by Gasteiger charge is 2.21. The number of carbonyl (C=O) groups is 1. The lowest BCUT2D eigenvalue weighted by Crippen LogP contribution is -2.47. The highest BCUT2D eigenvalue weighted by atomic mass is 16.5. The van der Waals surface area contributed by atoms with E-state index in [2.05, 4.69) is 11.4 Å². The molecule has 4 heteroatoms. The molecule has 0 unspecified atom stereocenters. The van der Waals surface area contributed by atoms with Gasteiger partial charge in [0.15, 0.2) is 0 Å². The number of hydrogen-bond acceptors (Lipinski definition) is 2. The Morgan fingerprint density at radius 1 is 1.44 bits per heavy atom. The van der Waals surface area contributed by atoms with Crippen LogP contribution < -0.4 is 5.32 Å². The molecule has 0 saturated heterocycles. The van der Waals surface area contributed by atoms with Crippen LogP contribution in [0.15, 0.2) is 11.6 Å². The van der Waals surface area contributed by atoms with E-state index >= 15 is 0 Å². The van der Waals surface area contributed by atoms with Crippen LogP contribution >= 0.6 is 0 Å². The van der Waals surface area contributed by atoms with Crippen LogP contribution in [0.3, 0.4) is 0 Å². The van der Waals surface area contributed by atoms with Gasteiger partial charge < -0.3 is 15.0 Å². The highest BCUT2D eigenvalue weighted by Crippen LogP contribution is 2.18. The van der Waals surface area contributed by atoms with Gasteiger partial charge in [-0.3, -0.25) is 0 Å². The zero-order valence-electron chi connectivity index (χ0n) is 11.3. The van der Waals surface area contributed by atoms with Gasteiger partial charge in [-0.05, 0) is 24.8 Å². The van der Waals surface area contributed by atoms with Gasteiger partial charge in [-0.2, -0.15) is 0 Å². The molecule has 0 aromatic carbocycles. The van der Waals surface area contributed by atoms with E-state index in [4.69, 9.17) is 4.74 Å². The molecule has 1 aliphatic carbocycles. The molecule has 1 heterocycles. The van der Waals surface area contributed by atoms with Crippen LogP contribution in [-0.2, 0) is 4.74 Å². The number of nitrogens with zero attached hydrogens (tertiary/aromatic N) is 1. The Morgan fingerprint density at radius 2 is 2.22 bits per heavy atom. The van der Waals surface area contributed by atoms with Crippen molar-refractivity contribution in [2.75, 3.05) is 26.8 Å². The summed E-state index contributed by atoms with van der Waals surface area (Å²) in [4.78, 5) is 14.0. The van der Waals surface area contributed by atoms with Crippen molar-refractivity contribution in [1.29, 1.82) is 0 Å². The van der Waals surface area contributed by atoms with E-state index in [9.17, 15) is 4.79 Å². The van der Waals surface area contributed by atoms with Gasteiger partial charge in [0.25, 0.3) is 0 Å². The maximum absolute atomic E-state index is 12.1. The number of methoxy groups -OCH3 is 1. The standard InChI is InChI=1S/C14H24N2O2/c1-18-11-12-7-9-16(10-8-12)14(17)15-13-5-3-2-4-6-13/h7,13H,2-6,8-11H2,1H3,(H,15,17). The van der Waals surface area contributed by atoms with Crippen LogP contribution in [0, 0.1) is 0 Å². The fraction of sp³-hybridized carbons (Fsp3) is 0.786. The van der Waals surface area contributed by atoms with Crippen molar-refractivity contribution in [3.63, 3.8) is 0 Å². The molecule has 102 valence electrons. The van der Waals surface area contributed by atoms with Crippen LogP contribution in [0.25, 0.3) is 0 Å². The average molecular weight is 252 g/mol. The van der Waals surface area contributed by atoms with Crippen molar-refractivity contribution in [3.8, 4) is 0 Å². The van der Waals surface area contributed by atoms with Gasteiger partial charge in [0, 0.05) is 26.2 Å². The first-order valence-corrected chi connectivity index (χ1v) is 7.02. The smallest absolute Gasteiger partial charge is 0.317 e. The van der Waals surface area contributed by atoms with Gasteiger partial charge >= 0.3 is 6.03 Å². The highest BCUT2D eigenvalue weighted by molar-refractivity contribution is 5.75. The summed E-state index contributed by atoms with van der Waals surface area (Å²) in [6, 6.07) is 0.505. The molecule has 1 saturated carbocycles. The lowest BCUT2D eigenvalue weighted by atomic mass is 9.96. The number of amides is 2. The summed E-state index contributed by atoms with van der Waals surface area (Å²) in [6.07, 6.45) is 9.17. The fourth-order valence-corrected chi connectivity index (χ4v) is 2.72. The molecular weight excluding hydrogens is 228 g/mol. The zero-order valence-corrected chi connectivity index (χ0v) is 11.3. The topological polar surface area (TPSA) is 41.6 Å². The molecule has 0 radical (unpaired) electrons. The number of carbonyl (C=O) groups excluding carboxylic acids is 1. The second-order valence-electron chi connectivity index (χ2n) is 5.28. The van der Waals surface area contributed by atoms with Gasteiger partial charge in [0.2, 0.25) is 0 Å². The van der Waals surface area contributed by atoms with Crippen LogP contribution in [0.2, 0.25) is 0 Å². The van der Waals surface area contributed by atoms with Crippen LogP contribution in [-0.4, -0.2) is 43.8 Å². The van der Waals surface area contributed by atoms with E-state index in [1.165, 1.54) is 24.8 Å². The maximum atomic E-state index is 12.1. The van der Waals surface area contributed by atoms with E-state index in [-0.39, 0.29) is 6.03 Å². The third-order valence-electron chi connectivity index (χ3n) is 3.85. The van der Waals surface area contributed by atoms with Crippen molar-refractivity contribution in [3.05, 3.63) is 11.6 Å². The van der Waals surface area contributed by atoms with E-state index < -0.39 is 0 Å². The summed E-state index contributed by atoms with van der Waals surface area (Å²) in [6.45, 7) is 2.23. The van der Waals surface area contributed by atoms with Gasteiger partial charge in [-0.1, -0.05) is 25.3 Å². The SMILES string of the molecule is COCC1=CCN(C(=O)NC2CCCCC2)CC1. The predicted octanol–water partition coefficient (Wildman–Crippen LogP) is 2.31. The lowest BCUT2D eigenvalue weighted by molar-refractivity contribution is 0.187. The molecule has 4 nitrogen and oxygen atoms in total. The summed E-state index contributed by atoms with van der Waals surface area (Å²) < 4.78 is 5.11. The Morgan fingerprint density at radius 3 is 2.83 bits per heavy atom. The number of urea groups is 1. The predicted molar refractivity (Wildman–Crippen MR) is 71.6 cm³/mol. The van der Waals surface area contributed by atoms with Crippen molar-refractivity contribution >= 4 is 6.03 Å². The molecule has 2 amide bonds. The third kappa shape index (κ3) is 3.73. The third-order valence-corrected chi connectivity index (χ3v) is 3.85. The van der Waals surface area contributed by atoms with Crippen LogP contribution in [0.5, 0.6) is 0 Å². The lowest BCUT2D eigenvalue weighted by Gasteiger charge is -2.30. The first-order chi connectivity index (χ1) is 8.79. The Hall–Kier alpha value is -1.03. The Bertz CT molecular complexity index is 309. The zero-order chi connectivity index (χ0) is 12.8.